The van der Waals surface area contributed by atoms with Crippen LogP contribution in [0.25, 0.3) is 0 Å². The summed E-state index contributed by atoms with van der Waals surface area (Å²) in [6, 6.07) is 13.3. The number of aryl methyl sites for hydroxylation is 3. The van der Waals surface area contributed by atoms with E-state index in [4.69, 9.17) is 21.1 Å². The van der Waals surface area contributed by atoms with E-state index in [9.17, 15) is 9.59 Å². The molecule has 0 saturated carbocycles. The van der Waals surface area contributed by atoms with Gasteiger partial charge >= 0.3 is 5.97 Å². The molecule has 0 N–H and O–H groups in total. The van der Waals surface area contributed by atoms with Gasteiger partial charge in [-0.15, -0.1) is 12.4 Å². The Bertz CT molecular complexity index is 1140. The Morgan fingerprint density at radius 3 is 1.94 bits per heavy atom. The molecule has 3 rings (SSSR count). The van der Waals surface area contributed by atoms with Gasteiger partial charge in [-0.3, -0.25) is 14.8 Å². The van der Waals surface area contributed by atoms with Crippen molar-refractivity contribution >= 4 is 35.8 Å². The summed E-state index contributed by atoms with van der Waals surface area (Å²) < 4.78 is 11.3. The molecule has 0 spiro atoms. The van der Waals surface area contributed by atoms with Gasteiger partial charge in [0.25, 0.3) is 0 Å². The number of carbonyl (C=O) groups excluding carboxylic acids is 2. The van der Waals surface area contributed by atoms with Gasteiger partial charge < -0.3 is 9.47 Å². The Morgan fingerprint density at radius 2 is 1.36 bits per heavy atom. The Kier molecular flexibility index (Phi) is 8.58. The minimum atomic E-state index is -1.23. The lowest BCUT2D eigenvalue weighted by atomic mass is 10.0. The summed E-state index contributed by atoms with van der Waals surface area (Å²) in [5, 5.41) is 0.569. The molecule has 0 bridgehead atoms. The molecule has 2 aromatic carbocycles. The Labute approximate surface area is 204 Å². The maximum atomic E-state index is 12.6. The average Bonchev–Trinajstić information content (AvgIpc) is 2.75. The van der Waals surface area contributed by atoms with Crippen LogP contribution in [0.1, 0.15) is 52.5 Å². The monoisotopic (exact) mass is 488 g/mol. The molecule has 0 saturated heterocycles. The molecular weight excluding hydrogens is 463 g/mol. The van der Waals surface area contributed by atoms with Gasteiger partial charge in [-0.05, 0) is 83.1 Å². The van der Waals surface area contributed by atoms with Crippen LogP contribution in [-0.2, 0) is 16.1 Å². The summed E-state index contributed by atoms with van der Waals surface area (Å²) in [5.41, 5.74) is 2.79. The molecule has 0 atom stereocenters. The molecule has 8 heteroatoms. The van der Waals surface area contributed by atoms with E-state index in [2.05, 4.69) is 9.97 Å². The molecule has 0 unspecified atom stereocenters. The topological polar surface area (TPSA) is 78.4 Å². The van der Waals surface area contributed by atoms with Crippen molar-refractivity contribution in [2.24, 2.45) is 0 Å². The van der Waals surface area contributed by atoms with Crippen molar-refractivity contribution < 1.29 is 19.1 Å². The lowest BCUT2D eigenvalue weighted by Crippen LogP contribution is -2.39. The van der Waals surface area contributed by atoms with E-state index in [0.717, 1.165) is 17.1 Å². The molecule has 0 amide bonds. The van der Waals surface area contributed by atoms with Gasteiger partial charge in [0.1, 0.15) is 12.4 Å². The number of carbonyl (C=O) groups is 2. The minimum Gasteiger partial charge on any atom is -0.476 e. The van der Waals surface area contributed by atoms with E-state index in [1.54, 1.807) is 62.4 Å². The second-order valence-corrected chi connectivity index (χ2v) is 8.41. The SMILES string of the molecule is Cc1nc(C)c(COC(=O)C(C)(C)Oc2ccc(C(=O)c3ccc(Cl)cc3)cc2)nc1C.Cl. The summed E-state index contributed by atoms with van der Waals surface area (Å²) in [4.78, 5) is 34.1. The fraction of sp³-hybridized carbons (Fsp3) is 0.280. The number of ether oxygens (including phenoxy) is 2. The van der Waals surface area contributed by atoms with Crippen LogP contribution in [0.4, 0.5) is 0 Å². The largest absolute Gasteiger partial charge is 0.476 e. The number of hydrogen-bond donors (Lipinski definition) is 0. The number of rotatable bonds is 7. The Hall–Kier alpha value is -2.96. The third kappa shape index (κ3) is 6.53. The third-order valence-corrected chi connectivity index (χ3v) is 5.26. The minimum absolute atomic E-state index is 0. The van der Waals surface area contributed by atoms with Gasteiger partial charge in [-0.25, -0.2) is 4.79 Å². The third-order valence-electron chi connectivity index (χ3n) is 5.01. The molecule has 3 aromatic rings. The number of nitrogens with zero attached hydrogens (tertiary/aromatic N) is 2. The first kappa shape index (κ1) is 26.3. The highest BCUT2D eigenvalue weighted by atomic mass is 35.5. The Balaban J connectivity index is 0.00000385. The van der Waals surface area contributed by atoms with Crippen LogP contribution < -0.4 is 4.74 Å². The van der Waals surface area contributed by atoms with Crippen molar-refractivity contribution in [3.63, 3.8) is 0 Å². The number of aromatic nitrogens is 2. The molecule has 0 aliphatic carbocycles. The first-order valence-electron chi connectivity index (χ1n) is 10.1. The van der Waals surface area contributed by atoms with Gasteiger partial charge in [0.15, 0.2) is 11.4 Å². The first-order chi connectivity index (χ1) is 15.1. The molecule has 1 heterocycles. The van der Waals surface area contributed by atoms with Gasteiger partial charge in [-0.2, -0.15) is 0 Å². The van der Waals surface area contributed by atoms with Gasteiger partial charge in [0, 0.05) is 16.1 Å². The van der Waals surface area contributed by atoms with Gasteiger partial charge in [-0.1, -0.05) is 11.6 Å². The predicted octanol–water partition coefficient (Wildman–Crippen LogP) is 5.61. The molecule has 0 aliphatic rings. The van der Waals surface area contributed by atoms with E-state index in [1.807, 2.05) is 20.8 Å². The van der Waals surface area contributed by atoms with E-state index in [-0.39, 0.29) is 24.8 Å². The zero-order chi connectivity index (χ0) is 23.5. The summed E-state index contributed by atoms with van der Waals surface area (Å²) in [6.45, 7) is 8.84. The van der Waals surface area contributed by atoms with Crippen LogP contribution in [0, 0.1) is 20.8 Å². The fourth-order valence-corrected chi connectivity index (χ4v) is 3.11. The van der Waals surface area contributed by atoms with Gasteiger partial charge in [0.2, 0.25) is 0 Å². The first-order valence-corrected chi connectivity index (χ1v) is 10.5. The second kappa shape index (κ2) is 10.8. The maximum absolute atomic E-state index is 12.6. The van der Waals surface area contributed by atoms with E-state index < -0.39 is 11.6 Å². The van der Waals surface area contributed by atoms with Crippen molar-refractivity contribution in [3.05, 3.63) is 87.5 Å². The lowest BCUT2D eigenvalue weighted by Gasteiger charge is -2.24. The second-order valence-electron chi connectivity index (χ2n) is 7.98. The van der Waals surface area contributed by atoms with Crippen LogP contribution >= 0.6 is 24.0 Å². The molecule has 6 nitrogen and oxygen atoms in total. The zero-order valence-electron chi connectivity index (χ0n) is 19.1. The number of halogens is 2. The van der Waals surface area contributed by atoms with Crippen molar-refractivity contribution in [1.29, 1.82) is 0 Å². The number of hydrogen-bond acceptors (Lipinski definition) is 6. The number of esters is 1. The molecule has 1 aromatic heterocycles. The normalized spacial score (nSPS) is 10.8. The highest BCUT2D eigenvalue weighted by molar-refractivity contribution is 6.30. The molecule has 174 valence electrons. The van der Waals surface area contributed by atoms with E-state index >= 15 is 0 Å². The molecule has 0 fully saturated rings. The Morgan fingerprint density at radius 1 is 0.848 bits per heavy atom. The van der Waals surface area contributed by atoms with Gasteiger partial charge in [0.05, 0.1) is 22.8 Å². The smallest absolute Gasteiger partial charge is 0.350 e. The quantitative estimate of drug-likeness (QED) is 0.317. The van der Waals surface area contributed by atoms with Crippen molar-refractivity contribution in [3.8, 4) is 5.75 Å². The van der Waals surface area contributed by atoms with E-state index in [1.165, 1.54) is 0 Å². The number of benzene rings is 2. The number of ketones is 1. The van der Waals surface area contributed by atoms with Crippen molar-refractivity contribution in [1.82, 2.24) is 9.97 Å². The van der Waals surface area contributed by atoms with Crippen LogP contribution in [0.2, 0.25) is 5.02 Å². The van der Waals surface area contributed by atoms with Crippen LogP contribution in [0.15, 0.2) is 48.5 Å². The van der Waals surface area contributed by atoms with Crippen LogP contribution in [-0.4, -0.2) is 27.3 Å². The maximum Gasteiger partial charge on any atom is 0.350 e. The predicted molar refractivity (Wildman–Crippen MR) is 129 cm³/mol. The fourth-order valence-electron chi connectivity index (χ4n) is 2.98. The molecule has 0 aliphatic heterocycles. The lowest BCUT2D eigenvalue weighted by molar-refractivity contribution is -0.160. The summed E-state index contributed by atoms with van der Waals surface area (Å²) in [7, 11) is 0. The summed E-state index contributed by atoms with van der Waals surface area (Å²) in [6.07, 6.45) is 0. The molecular formula is C25H26Cl2N2O4. The van der Waals surface area contributed by atoms with Crippen molar-refractivity contribution in [2.45, 2.75) is 46.8 Å². The highest BCUT2D eigenvalue weighted by Crippen LogP contribution is 2.22. The van der Waals surface area contributed by atoms with E-state index in [0.29, 0.717) is 27.6 Å². The standard InChI is InChI=1S/C25H25ClN2O4.ClH/c1-15-16(2)28-22(17(3)27-15)14-31-24(30)25(4,5)32-21-12-8-19(9-13-21)23(29)18-6-10-20(26)11-7-18;/h6-13H,14H2,1-5H3;1H. The average molecular weight is 489 g/mol. The molecule has 0 radical (unpaired) electrons. The summed E-state index contributed by atoms with van der Waals surface area (Å²) in [5.74, 6) is -0.211. The highest BCUT2D eigenvalue weighted by Gasteiger charge is 2.32. The van der Waals surface area contributed by atoms with Crippen LogP contribution in [0.5, 0.6) is 5.75 Å². The summed E-state index contributed by atoms with van der Waals surface area (Å²) >= 11 is 5.88. The zero-order valence-corrected chi connectivity index (χ0v) is 20.7. The molecule has 33 heavy (non-hydrogen) atoms. The van der Waals surface area contributed by atoms with Crippen LogP contribution in [0.3, 0.4) is 0 Å². The van der Waals surface area contributed by atoms with Crippen molar-refractivity contribution in [2.75, 3.05) is 0 Å².